The van der Waals surface area contributed by atoms with Crippen molar-refractivity contribution in [3.63, 3.8) is 0 Å². The van der Waals surface area contributed by atoms with E-state index in [-0.39, 0.29) is 35.6 Å². The molecular formula is C12H20N2O3S. The normalized spacial score (nSPS) is 27.7. The summed E-state index contributed by atoms with van der Waals surface area (Å²) in [7, 11) is -0.836. The van der Waals surface area contributed by atoms with Gasteiger partial charge in [0.2, 0.25) is 11.8 Å². The second-order valence-electron chi connectivity index (χ2n) is 5.14. The van der Waals surface area contributed by atoms with E-state index in [2.05, 4.69) is 5.32 Å². The predicted octanol–water partition coefficient (Wildman–Crippen LogP) is 0.0230. The number of hydrogen-bond donors (Lipinski definition) is 1. The van der Waals surface area contributed by atoms with Crippen LogP contribution in [0.15, 0.2) is 0 Å². The highest BCUT2D eigenvalue weighted by Gasteiger charge is 2.45. The zero-order valence-corrected chi connectivity index (χ0v) is 11.7. The van der Waals surface area contributed by atoms with Crippen LogP contribution in [0.5, 0.6) is 0 Å². The molecule has 1 saturated carbocycles. The third-order valence-corrected chi connectivity index (χ3v) is 4.97. The Kier molecular flexibility index (Phi) is 4.17. The summed E-state index contributed by atoms with van der Waals surface area (Å²) in [6.07, 6.45) is 4.62. The number of amides is 2. The fourth-order valence-corrected chi connectivity index (χ4v) is 2.60. The molecule has 5 nitrogen and oxygen atoms in total. The summed E-state index contributed by atoms with van der Waals surface area (Å²) in [5.41, 5.74) is 0. The maximum atomic E-state index is 12.0. The second kappa shape index (κ2) is 5.48. The molecule has 3 unspecified atom stereocenters. The topological polar surface area (TPSA) is 66.5 Å². The minimum Gasteiger partial charge on any atom is -0.305 e. The number of carbonyl (C=O) groups excluding carboxylic acids is 2. The average Bonchev–Trinajstić information content (AvgIpc) is 3.07. The molecule has 1 saturated heterocycles. The van der Waals surface area contributed by atoms with Gasteiger partial charge in [-0.1, -0.05) is 6.92 Å². The summed E-state index contributed by atoms with van der Waals surface area (Å²) in [5, 5.41) is 3.23. The maximum Gasteiger partial charge on any atom is 0.247 e. The molecule has 1 aliphatic carbocycles. The molecule has 0 bridgehead atoms. The third kappa shape index (κ3) is 2.98. The van der Waals surface area contributed by atoms with Crippen molar-refractivity contribution in [3.8, 4) is 0 Å². The Bertz CT molecular complexity index is 382. The van der Waals surface area contributed by atoms with Gasteiger partial charge in [0.1, 0.15) is 0 Å². The van der Waals surface area contributed by atoms with Crippen LogP contribution in [0.1, 0.15) is 32.6 Å². The summed E-state index contributed by atoms with van der Waals surface area (Å²) >= 11 is 0. The highest BCUT2D eigenvalue weighted by atomic mass is 32.2. The molecule has 18 heavy (non-hydrogen) atoms. The van der Waals surface area contributed by atoms with E-state index in [0.717, 1.165) is 19.3 Å². The summed E-state index contributed by atoms with van der Waals surface area (Å²) in [6, 6.07) is -0.200. The molecule has 2 aliphatic rings. The van der Waals surface area contributed by atoms with Crippen molar-refractivity contribution in [2.75, 3.05) is 12.8 Å². The van der Waals surface area contributed by atoms with Gasteiger partial charge in [-0.2, -0.15) is 0 Å². The van der Waals surface area contributed by atoms with Crippen LogP contribution in [0.3, 0.4) is 0 Å². The summed E-state index contributed by atoms with van der Waals surface area (Å²) in [6.45, 7) is 2.55. The molecule has 1 N–H and O–H groups in total. The number of nitrogens with one attached hydrogen (secondary N) is 1. The van der Waals surface area contributed by atoms with Crippen molar-refractivity contribution in [2.24, 2.45) is 0 Å². The van der Waals surface area contributed by atoms with Gasteiger partial charge in [-0.25, -0.2) is 0 Å². The molecule has 1 heterocycles. The van der Waals surface area contributed by atoms with E-state index in [9.17, 15) is 13.8 Å². The molecule has 0 aromatic heterocycles. The zero-order chi connectivity index (χ0) is 13.3. The summed E-state index contributed by atoms with van der Waals surface area (Å²) in [4.78, 5) is 25.1. The minimum atomic E-state index is -0.836. The summed E-state index contributed by atoms with van der Waals surface area (Å²) < 4.78 is 11.2. The highest BCUT2D eigenvalue weighted by Crippen LogP contribution is 2.31. The largest absolute Gasteiger partial charge is 0.305 e. The number of imide groups is 1. The molecule has 1 aliphatic heterocycles. The number of rotatable bonds is 6. The Hall–Kier alpha value is -0.750. The van der Waals surface area contributed by atoms with Crippen molar-refractivity contribution in [1.82, 2.24) is 10.2 Å². The van der Waals surface area contributed by atoms with E-state index in [1.807, 2.05) is 6.92 Å². The van der Waals surface area contributed by atoms with Gasteiger partial charge in [-0.3, -0.25) is 18.7 Å². The fourth-order valence-electron chi connectivity index (χ4n) is 2.15. The van der Waals surface area contributed by atoms with Crippen LogP contribution in [0.2, 0.25) is 0 Å². The monoisotopic (exact) mass is 272 g/mol. The number of nitrogens with zero attached hydrogens (tertiary/aromatic N) is 1. The van der Waals surface area contributed by atoms with Gasteiger partial charge in [0.25, 0.3) is 0 Å². The first-order chi connectivity index (χ1) is 8.50. The molecule has 0 radical (unpaired) electrons. The van der Waals surface area contributed by atoms with Crippen molar-refractivity contribution < 1.29 is 13.8 Å². The van der Waals surface area contributed by atoms with Crippen molar-refractivity contribution >= 4 is 22.6 Å². The average molecular weight is 272 g/mol. The number of likely N-dealkylation sites (tertiary alicyclic amines) is 1. The van der Waals surface area contributed by atoms with E-state index in [0.29, 0.717) is 6.54 Å². The molecule has 0 aromatic carbocycles. The zero-order valence-electron chi connectivity index (χ0n) is 10.8. The first kappa shape index (κ1) is 13.7. The van der Waals surface area contributed by atoms with Gasteiger partial charge in [0.15, 0.2) is 0 Å². The Balaban J connectivity index is 1.79. The molecule has 0 spiro atoms. The standard InChI is InChI=1S/C12H20N2O3S/c1-8(18(2)17)5-6-13-10-7-11(15)14(12(10)16)9-3-4-9/h8-10,13H,3-7H2,1-2H3. The molecule has 2 amide bonds. The van der Waals surface area contributed by atoms with Gasteiger partial charge in [-0.15, -0.1) is 0 Å². The predicted molar refractivity (Wildman–Crippen MR) is 69.4 cm³/mol. The van der Waals surface area contributed by atoms with Gasteiger partial charge in [0.05, 0.1) is 12.5 Å². The molecular weight excluding hydrogens is 252 g/mol. The van der Waals surface area contributed by atoms with Crippen LogP contribution < -0.4 is 5.32 Å². The van der Waals surface area contributed by atoms with E-state index in [4.69, 9.17) is 0 Å². The van der Waals surface area contributed by atoms with E-state index < -0.39 is 10.8 Å². The molecule has 6 heteroatoms. The molecule has 102 valence electrons. The van der Waals surface area contributed by atoms with Gasteiger partial charge >= 0.3 is 0 Å². The molecule has 2 fully saturated rings. The quantitative estimate of drug-likeness (QED) is 0.692. The first-order valence-corrected chi connectivity index (χ1v) is 8.04. The third-order valence-electron chi connectivity index (χ3n) is 3.60. The van der Waals surface area contributed by atoms with Gasteiger partial charge in [0, 0.05) is 28.3 Å². The molecule has 2 rings (SSSR count). The lowest BCUT2D eigenvalue weighted by molar-refractivity contribution is -0.139. The lowest BCUT2D eigenvalue weighted by atomic mass is 10.2. The minimum absolute atomic E-state index is 0.0490. The van der Waals surface area contributed by atoms with E-state index >= 15 is 0 Å². The first-order valence-electron chi connectivity index (χ1n) is 6.42. The smallest absolute Gasteiger partial charge is 0.247 e. The van der Waals surface area contributed by atoms with Crippen molar-refractivity contribution in [3.05, 3.63) is 0 Å². The van der Waals surface area contributed by atoms with Crippen molar-refractivity contribution in [1.29, 1.82) is 0 Å². The van der Waals surface area contributed by atoms with Crippen LogP contribution in [0.25, 0.3) is 0 Å². The Morgan fingerprint density at radius 2 is 2.11 bits per heavy atom. The van der Waals surface area contributed by atoms with Crippen LogP contribution in [0, 0.1) is 0 Å². The van der Waals surface area contributed by atoms with E-state index in [1.54, 1.807) is 6.26 Å². The van der Waals surface area contributed by atoms with E-state index in [1.165, 1.54) is 4.90 Å². The second-order valence-corrected chi connectivity index (χ2v) is 6.94. The van der Waals surface area contributed by atoms with Crippen LogP contribution in [-0.2, 0) is 20.4 Å². The van der Waals surface area contributed by atoms with Gasteiger partial charge in [-0.05, 0) is 25.8 Å². The Labute approximate surface area is 110 Å². The molecule has 3 atom stereocenters. The molecule has 0 aromatic rings. The van der Waals surface area contributed by atoms with Crippen molar-refractivity contribution in [2.45, 2.75) is 49.9 Å². The van der Waals surface area contributed by atoms with Crippen LogP contribution in [0.4, 0.5) is 0 Å². The van der Waals surface area contributed by atoms with Crippen LogP contribution >= 0.6 is 0 Å². The number of carbonyl (C=O) groups is 2. The maximum absolute atomic E-state index is 12.0. The summed E-state index contributed by atoms with van der Waals surface area (Å²) in [5.74, 6) is -0.125. The lowest BCUT2D eigenvalue weighted by Gasteiger charge is -2.15. The Morgan fingerprint density at radius 3 is 2.67 bits per heavy atom. The van der Waals surface area contributed by atoms with Crippen LogP contribution in [-0.4, -0.2) is 51.1 Å². The highest BCUT2D eigenvalue weighted by molar-refractivity contribution is 7.84. The Morgan fingerprint density at radius 1 is 1.44 bits per heavy atom. The SMILES string of the molecule is CC(CCNC1CC(=O)N(C2CC2)C1=O)S(C)=O. The van der Waals surface area contributed by atoms with Gasteiger partial charge < -0.3 is 5.32 Å². The lowest BCUT2D eigenvalue weighted by Crippen LogP contribution is -2.40. The fraction of sp³-hybridized carbons (Fsp3) is 0.833. The number of hydrogen-bond acceptors (Lipinski definition) is 4.